The molecule has 0 radical (unpaired) electrons. The van der Waals surface area contributed by atoms with Gasteiger partial charge in [-0.3, -0.25) is 4.79 Å². The lowest BCUT2D eigenvalue weighted by molar-refractivity contribution is -0.129. The van der Waals surface area contributed by atoms with Gasteiger partial charge >= 0.3 is 0 Å². The Morgan fingerprint density at radius 2 is 1.79 bits per heavy atom. The molecule has 0 atom stereocenters. The van der Waals surface area contributed by atoms with Crippen molar-refractivity contribution in [3.8, 4) is 0 Å². The molecule has 0 aromatic carbocycles. The zero-order valence-corrected chi connectivity index (χ0v) is 12.1. The van der Waals surface area contributed by atoms with E-state index in [-0.39, 0.29) is 5.91 Å². The van der Waals surface area contributed by atoms with Crippen molar-refractivity contribution >= 4 is 5.91 Å². The van der Waals surface area contributed by atoms with Crippen molar-refractivity contribution < 1.29 is 9.90 Å². The van der Waals surface area contributed by atoms with Crippen molar-refractivity contribution in [1.82, 2.24) is 5.32 Å². The van der Waals surface area contributed by atoms with Crippen LogP contribution in [0.25, 0.3) is 0 Å². The van der Waals surface area contributed by atoms with Gasteiger partial charge in [0.05, 0.1) is 11.1 Å². The third-order valence-corrected chi connectivity index (χ3v) is 4.98. The summed E-state index contributed by atoms with van der Waals surface area (Å²) in [6.45, 7) is 2.58. The lowest BCUT2D eigenvalue weighted by Crippen LogP contribution is -2.57. The summed E-state index contributed by atoms with van der Waals surface area (Å²) in [6.07, 6.45) is 8.44. The van der Waals surface area contributed by atoms with Crippen LogP contribution < -0.4 is 11.1 Å². The summed E-state index contributed by atoms with van der Waals surface area (Å²) < 4.78 is 0. The van der Waals surface area contributed by atoms with E-state index >= 15 is 0 Å². The molecule has 4 N–H and O–H groups in total. The van der Waals surface area contributed by atoms with Crippen LogP contribution in [0.2, 0.25) is 0 Å². The fourth-order valence-electron chi connectivity index (χ4n) is 3.31. The Balaban J connectivity index is 1.82. The minimum absolute atomic E-state index is 0.0701. The van der Waals surface area contributed by atoms with Crippen molar-refractivity contribution in [2.24, 2.45) is 11.7 Å². The molecule has 4 nitrogen and oxygen atoms in total. The molecule has 2 aliphatic rings. The molecule has 2 saturated carbocycles. The van der Waals surface area contributed by atoms with E-state index in [1.807, 2.05) is 0 Å². The number of amides is 1. The molecule has 2 fully saturated rings. The summed E-state index contributed by atoms with van der Waals surface area (Å²) in [5.74, 6) is 0.620. The Morgan fingerprint density at radius 1 is 1.21 bits per heavy atom. The Hall–Kier alpha value is -0.610. The molecule has 0 aromatic heterocycles. The van der Waals surface area contributed by atoms with Crippen LogP contribution >= 0.6 is 0 Å². The number of nitrogens with two attached hydrogens (primary N) is 1. The summed E-state index contributed by atoms with van der Waals surface area (Å²) in [5, 5.41) is 13.4. The SMILES string of the molecule is CC1CCC(O)(CNC(=O)C2(N)CCCCC2)CC1. The van der Waals surface area contributed by atoms with Gasteiger partial charge < -0.3 is 16.2 Å². The van der Waals surface area contributed by atoms with Gasteiger partial charge in [0.2, 0.25) is 5.91 Å². The number of hydrogen-bond acceptors (Lipinski definition) is 3. The molecule has 0 unspecified atom stereocenters. The summed E-state index contributed by atoms with van der Waals surface area (Å²) >= 11 is 0. The van der Waals surface area contributed by atoms with Crippen LogP contribution in [-0.2, 0) is 4.79 Å². The molecule has 4 heteroatoms. The zero-order valence-electron chi connectivity index (χ0n) is 12.1. The normalized spacial score (nSPS) is 34.8. The fraction of sp³-hybridized carbons (Fsp3) is 0.933. The minimum atomic E-state index is -0.715. The standard InChI is InChI=1S/C15H28N2O2/c1-12-5-9-14(19,10-6-12)11-17-13(18)15(16)7-3-2-4-8-15/h12,19H,2-11,16H2,1H3,(H,17,18). The lowest BCUT2D eigenvalue weighted by Gasteiger charge is -2.37. The molecule has 0 saturated heterocycles. The van der Waals surface area contributed by atoms with Gasteiger partial charge in [-0.15, -0.1) is 0 Å². The number of aliphatic hydroxyl groups is 1. The highest BCUT2D eigenvalue weighted by Gasteiger charge is 2.37. The van der Waals surface area contributed by atoms with Gasteiger partial charge in [0.1, 0.15) is 0 Å². The van der Waals surface area contributed by atoms with Gasteiger partial charge in [0.25, 0.3) is 0 Å². The van der Waals surface area contributed by atoms with E-state index in [1.54, 1.807) is 0 Å². The average molecular weight is 268 g/mol. The van der Waals surface area contributed by atoms with Crippen LogP contribution in [-0.4, -0.2) is 28.7 Å². The summed E-state index contributed by atoms with van der Waals surface area (Å²) in [7, 11) is 0. The van der Waals surface area contributed by atoms with Gasteiger partial charge in [-0.1, -0.05) is 26.2 Å². The largest absolute Gasteiger partial charge is 0.388 e. The van der Waals surface area contributed by atoms with Gasteiger partial charge in [0.15, 0.2) is 0 Å². The molecular weight excluding hydrogens is 240 g/mol. The molecule has 1 amide bonds. The van der Waals surface area contributed by atoms with E-state index in [4.69, 9.17) is 5.73 Å². The first kappa shape index (κ1) is 14.8. The second-order valence-corrected chi connectivity index (χ2v) is 6.81. The highest BCUT2D eigenvalue weighted by Crippen LogP contribution is 2.32. The zero-order chi connectivity index (χ0) is 13.9. The molecule has 0 spiro atoms. The quantitative estimate of drug-likeness (QED) is 0.729. The molecule has 2 rings (SSSR count). The highest BCUT2D eigenvalue weighted by atomic mass is 16.3. The van der Waals surface area contributed by atoms with Gasteiger partial charge in [-0.05, 0) is 44.4 Å². The molecule has 0 aromatic rings. The Bertz CT molecular complexity index is 316. The van der Waals surface area contributed by atoms with E-state index in [9.17, 15) is 9.90 Å². The maximum absolute atomic E-state index is 12.2. The number of nitrogens with one attached hydrogen (secondary N) is 1. The van der Waals surface area contributed by atoms with Gasteiger partial charge in [-0.2, -0.15) is 0 Å². The molecule has 0 aliphatic heterocycles. The van der Waals surface area contributed by atoms with Crippen molar-refractivity contribution in [3.63, 3.8) is 0 Å². The van der Waals surface area contributed by atoms with Gasteiger partial charge in [0, 0.05) is 6.54 Å². The van der Waals surface area contributed by atoms with Crippen molar-refractivity contribution in [2.45, 2.75) is 75.9 Å². The molecule has 0 heterocycles. The summed E-state index contributed by atoms with van der Waals surface area (Å²) in [4.78, 5) is 12.2. The first-order valence-corrected chi connectivity index (χ1v) is 7.73. The molecule has 19 heavy (non-hydrogen) atoms. The first-order chi connectivity index (χ1) is 8.94. The Kier molecular flexibility index (Phi) is 4.51. The van der Waals surface area contributed by atoms with Crippen LogP contribution in [0.5, 0.6) is 0 Å². The Labute approximate surface area is 116 Å². The van der Waals surface area contributed by atoms with E-state index in [0.29, 0.717) is 12.5 Å². The van der Waals surface area contributed by atoms with Crippen molar-refractivity contribution in [1.29, 1.82) is 0 Å². The second-order valence-electron chi connectivity index (χ2n) is 6.81. The maximum atomic E-state index is 12.2. The average Bonchev–Trinajstić information content (AvgIpc) is 2.41. The summed E-state index contributed by atoms with van der Waals surface area (Å²) in [6, 6.07) is 0. The van der Waals surface area contributed by atoms with Crippen LogP contribution in [0.4, 0.5) is 0 Å². The topological polar surface area (TPSA) is 75.3 Å². The second kappa shape index (κ2) is 5.80. The number of carbonyl (C=O) groups is 1. The van der Waals surface area contributed by atoms with Crippen molar-refractivity contribution in [2.75, 3.05) is 6.54 Å². The van der Waals surface area contributed by atoms with Crippen LogP contribution in [0, 0.1) is 5.92 Å². The molecule has 110 valence electrons. The van der Waals surface area contributed by atoms with Crippen LogP contribution in [0.1, 0.15) is 64.7 Å². The van der Waals surface area contributed by atoms with E-state index in [2.05, 4.69) is 12.2 Å². The van der Waals surface area contributed by atoms with E-state index in [0.717, 1.165) is 51.4 Å². The first-order valence-electron chi connectivity index (χ1n) is 7.73. The van der Waals surface area contributed by atoms with Crippen LogP contribution in [0.3, 0.4) is 0 Å². The number of hydrogen-bond donors (Lipinski definition) is 3. The lowest BCUT2D eigenvalue weighted by atomic mass is 9.79. The fourth-order valence-corrected chi connectivity index (χ4v) is 3.31. The summed E-state index contributed by atoms with van der Waals surface area (Å²) in [5.41, 5.74) is 4.78. The highest BCUT2D eigenvalue weighted by molar-refractivity contribution is 5.86. The monoisotopic (exact) mass is 268 g/mol. The molecule has 0 bridgehead atoms. The predicted molar refractivity (Wildman–Crippen MR) is 75.6 cm³/mol. The number of rotatable bonds is 3. The molecular formula is C15H28N2O2. The van der Waals surface area contributed by atoms with Gasteiger partial charge in [-0.25, -0.2) is 0 Å². The van der Waals surface area contributed by atoms with Crippen molar-refractivity contribution in [3.05, 3.63) is 0 Å². The maximum Gasteiger partial charge on any atom is 0.240 e. The van der Waals surface area contributed by atoms with Crippen LogP contribution in [0.15, 0.2) is 0 Å². The third-order valence-electron chi connectivity index (χ3n) is 4.98. The molecule has 2 aliphatic carbocycles. The number of carbonyl (C=O) groups excluding carboxylic acids is 1. The minimum Gasteiger partial charge on any atom is -0.388 e. The van der Waals surface area contributed by atoms with E-state index < -0.39 is 11.1 Å². The van der Waals surface area contributed by atoms with E-state index in [1.165, 1.54) is 6.42 Å². The smallest absolute Gasteiger partial charge is 0.240 e. The third kappa shape index (κ3) is 3.69. The Morgan fingerprint density at radius 3 is 2.37 bits per heavy atom. The predicted octanol–water partition coefficient (Wildman–Crippen LogP) is 1.71.